The van der Waals surface area contributed by atoms with E-state index in [1.165, 1.54) is 10.9 Å². The molecule has 0 aliphatic rings. The molecule has 0 bridgehead atoms. The number of carbonyl (C=O) groups excluding carboxylic acids is 2. The lowest BCUT2D eigenvalue weighted by molar-refractivity contribution is 0.0931. The molecule has 6 nitrogen and oxygen atoms in total. The van der Waals surface area contributed by atoms with E-state index >= 15 is 0 Å². The van der Waals surface area contributed by atoms with E-state index in [0.717, 1.165) is 11.3 Å². The fourth-order valence-corrected chi connectivity index (χ4v) is 3.61. The number of hydrogen-bond acceptors (Lipinski definition) is 5. The van der Waals surface area contributed by atoms with Gasteiger partial charge in [-0.15, -0.1) is 11.3 Å². The molecule has 1 amide bonds. The molecule has 0 aliphatic heterocycles. The lowest BCUT2D eigenvalue weighted by atomic mass is 10.1. The zero-order valence-corrected chi connectivity index (χ0v) is 14.0. The van der Waals surface area contributed by atoms with E-state index in [2.05, 4.69) is 4.98 Å². The van der Waals surface area contributed by atoms with Crippen LogP contribution in [-0.2, 0) is 0 Å². The van der Waals surface area contributed by atoms with Gasteiger partial charge in [0.2, 0.25) is 0 Å². The Morgan fingerprint density at radius 2 is 1.92 bits per heavy atom. The molecular formula is C17H15N3O3S. The normalized spacial score (nSPS) is 12.2. The molecule has 0 saturated heterocycles. The Hall–Kier alpha value is -2.80. The minimum absolute atomic E-state index is 0.179. The number of amides is 1. The Bertz CT molecular complexity index is 1010. The maximum atomic E-state index is 12.8. The topological polar surface area (TPSA) is 95.1 Å². The molecule has 2 aromatic heterocycles. The van der Waals surface area contributed by atoms with E-state index in [4.69, 9.17) is 5.73 Å². The van der Waals surface area contributed by atoms with Gasteiger partial charge in [0.05, 0.1) is 22.6 Å². The number of rotatable bonds is 4. The van der Waals surface area contributed by atoms with Gasteiger partial charge >= 0.3 is 0 Å². The molecule has 2 heterocycles. The first-order valence-corrected chi connectivity index (χ1v) is 8.12. The van der Waals surface area contributed by atoms with Crippen LogP contribution in [0, 0.1) is 6.92 Å². The van der Waals surface area contributed by atoms with Crippen LogP contribution in [-0.4, -0.2) is 21.2 Å². The molecule has 3 aromatic rings. The van der Waals surface area contributed by atoms with Crippen LogP contribution in [0.3, 0.4) is 0 Å². The van der Waals surface area contributed by atoms with Gasteiger partial charge in [-0.25, -0.2) is 4.98 Å². The first-order valence-electron chi connectivity index (χ1n) is 7.31. The third-order valence-corrected chi connectivity index (χ3v) is 5.17. The summed E-state index contributed by atoms with van der Waals surface area (Å²) in [5.41, 5.74) is 6.02. The summed E-state index contributed by atoms with van der Waals surface area (Å²) in [5, 5.41) is 0.337. The van der Waals surface area contributed by atoms with Gasteiger partial charge in [-0.2, -0.15) is 0 Å². The lowest BCUT2D eigenvalue weighted by Crippen LogP contribution is -2.28. The van der Waals surface area contributed by atoms with Crippen molar-refractivity contribution in [3.05, 3.63) is 63.0 Å². The summed E-state index contributed by atoms with van der Waals surface area (Å²) >= 11 is 1.09. The highest BCUT2D eigenvalue weighted by molar-refractivity contribution is 7.20. The second-order valence-electron chi connectivity index (χ2n) is 5.46. The maximum Gasteiger partial charge on any atom is 0.263 e. The van der Waals surface area contributed by atoms with Gasteiger partial charge in [0.25, 0.3) is 11.5 Å². The molecule has 7 heteroatoms. The quantitative estimate of drug-likeness (QED) is 0.737. The van der Waals surface area contributed by atoms with E-state index in [1.807, 2.05) is 6.07 Å². The van der Waals surface area contributed by atoms with Gasteiger partial charge in [0.15, 0.2) is 5.78 Å². The van der Waals surface area contributed by atoms with Crippen molar-refractivity contribution in [2.24, 2.45) is 5.73 Å². The Kier molecular flexibility index (Phi) is 4.02. The number of thiophene rings is 1. The first kappa shape index (κ1) is 16.1. The van der Waals surface area contributed by atoms with E-state index in [-0.39, 0.29) is 11.3 Å². The van der Waals surface area contributed by atoms with Crippen molar-refractivity contribution in [1.82, 2.24) is 9.55 Å². The number of aryl methyl sites for hydroxylation is 1. The van der Waals surface area contributed by atoms with Gasteiger partial charge in [-0.05, 0) is 19.4 Å². The molecule has 0 radical (unpaired) electrons. The molecule has 2 N–H and O–H groups in total. The number of nitrogens with two attached hydrogens (primary N) is 1. The standard InChI is InChI=1S/C17H15N3O3S/c1-9-12-16(24-14(9)15(18)22)19-8-20(17(12)23)10(2)13(21)11-6-4-3-5-7-11/h3-8,10H,1-2H3,(H2,18,22)/t10-/m1/s1. The largest absolute Gasteiger partial charge is 0.365 e. The lowest BCUT2D eigenvalue weighted by Gasteiger charge is -2.13. The van der Waals surface area contributed by atoms with Crippen LogP contribution in [0.15, 0.2) is 41.5 Å². The number of hydrogen-bond donors (Lipinski definition) is 1. The molecule has 0 spiro atoms. The van der Waals surface area contributed by atoms with Crippen molar-refractivity contribution in [1.29, 1.82) is 0 Å². The highest BCUT2D eigenvalue weighted by Gasteiger charge is 2.22. The Morgan fingerprint density at radius 3 is 2.54 bits per heavy atom. The predicted molar refractivity (Wildman–Crippen MR) is 92.6 cm³/mol. The third-order valence-electron chi connectivity index (χ3n) is 3.95. The van der Waals surface area contributed by atoms with Crippen molar-refractivity contribution < 1.29 is 9.59 Å². The molecule has 122 valence electrons. The molecule has 1 aromatic carbocycles. The second-order valence-corrected chi connectivity index (χ2v) is 6.46. The number of carbonyl (C=O) groups is 2. The summed E-state index contributed by atoms with van der Waals surface area (Å²) in [4.78, 5) is 41.8. The van der Waals surface area contributed by atoms with Crippen LogP contribution in [0.4, 0.5) is 0 Å². The summed E-state index contributed by atoms with van der Waals surface area (Å²) in [6.45, 7) is 3.32. The van der Waals surface area contributed by atoms with Crippen LogP contribution >= 0.6 is 11.3 Å². The van der Waals surface area contributed by atoms with Crippen molar-refractivity contribution in [3.63, 3.8) is 0 Å². The molecule has 0 saturated carbocycles. The number of aromatic nitrogens is 2. The van der Waals surface area contributed by atoms with Crippen molar-refractivity contribution in [2.45, 2.75) is 19.9 Å². The van der Waals surface area contributed by atoms with Gasteiger partial charge in [0, 0.05) is 5.56 Å². The Balaban J connectivity index is 2.12. The SMILES string of the molecule is Cc1c(C(N)=O)sc2ncn([C@H](C)C(=O)c3ccccc3)c(=O)c12. The third kappa shape index (κ3) is 2.52. The van der Waals surface area contributed by atoms with Crippen LogP contribution < -0.4 is 11.3 Å². The van der Waals surface area contributed by atoms with E-state index in [9.17, 15) is 14.4 Å². The molecule has 3 rings (SSSR count). The summed E-state index contributed by atoms with van der Waals surface area (Å²) < 4.78 is 1.29. The van der Waals surface area contributed by atoms with E-state index in [0.29, 0.717) is 26.2 Å². The zero-order valence-electron chi connectivity index (χ0n) is 13.1. The van der Waals surface area contributed by atoms with Crippen molar-refractivity contribution in [3.8, 4) is 0 Å². The summed E-state index contributed by atoms with van der Waals surface area (Å²) in [5.74, 6) is -0.767. The summed E-state index contributed by atoms with van der Waals surface area (Å²) in [6.07, 6.45) is 1.34. The van der Waals surface area contributed by atoms with Gasteiger partial charge in [-0.1, -0.05) is 30.3 Å². The van der Waals surface area contributed by atoms with E-state index < -0.39 is 11.9 Å². The zero-order chi connectivity index (χ0) is 17.4. The highest BCUT2D eigenvalue weighted by atomic mass is 32.1. The van der Waals surface area contributed by atoms with Crippen LogP contribution in [0.5, 0.6) is 0 Å². The Morgan fingerprint density at radius 1 is 1.25 bits per heavy atom. The smallest absolute Gasteiger partial charge is 0.263 e. The molecular weight excluding hydrogens is 326 g/mol. The van der Waals surface area contributed by atoms with E-state index in [1.54, 1.807) is 38.1 Å². The Labute approximate surface area is 141 Å². The second kappa shape index (κ2) is 6.01. The molecule has 0 aliphatic carbocycles. The maximum absolute atomic E-state index is 12.8. The number of fused-ring (bicyclic) bond motifs is 1. The predicted octanol–water partition coefficient (Wildman–Crippen LogP) is 2.31. The number of benzene rings is 1. The summed E-state index contributed by atoms with van der Waals surface area (Å²) in [6, 6.07) is 8.07. The van der Waals surface area contributed by atoms with Crippen molar-refractivity contribution >= 4 is 33.2 Å². The number of ketones is 1. The fourth-order valence-electron chi connectivity index (χ4n) is 2.62. The molecule has 0 unspecified atom stereocenters. The highest BCUT2D eigenvalue weighted by Crippen LogP contribution is 2.26. The average molecular weight is 341 g/mol. The monoisotopic (exact) mass is 341 g/mol. The van der Waals surface area contributed by atoms with Gasteiger partial charge in [-0.3, -0.25) is 19.0 Å². The van der Waals surface area contributed by atoms with Crippen molar-refractivity contribution in [2.75, 3.05) is 0 Å². The fraction of sp³-hybridized carbons (Fsp3) is 0.176. The minimum Gasteiger partial charge on any atom is -0.365 e. The first-order chi connectivity index (χ1) is 11.4. The molecule has 0 fully saturated rings. The minimum atomic E-state index is -0.701. The molecule has 24 heavy (non-hydrogen) atoms. The van der Waals surface area contributed by atoms with Crippen LogP contribution in [0.2, 0.25) is 0 Å². The average Bonchev–Trinajstić information content (AvgIpc) is 2.92. The van der Waals surface area contributed by atoms with Gasteiger partial charge in [0.1, 0.15) is 4.83 Å². The van der Waals surface area contributed by atoms with Crippen LogP contribution in [0.1, 0.15) is 38.6 Å². The number of primary amides is 1. The molecule has 1 atom stereocenters. The number of nitrogens with zero attached hydrogens (tertiary/aromatic N) is 2. The summed E-state index contributed by atoms with van der Waals surface area (Å²) in [7, 11) is 0. The van der Waals surface area contributed by atoms with Crippen LogP contribution in [0.25, 0.3) is 10.2 Å². The number of Topliss-reactive ketones (excluding diaryl/α,β-unsaturated/α-hetero) is 1. The van der Waals surface area contributed by atoms with Gasteiger partial charge < -0.3 is 5.73 Å².